The number of esters is 2. The van der Waals surface area contributed by atoms with Gasteiger partial charge in [-0.3, -0.25) is 0 Å². The van der Waals surface area contributed by atoms with Crippen molar-refractivity contribution < 1.29 is 19.1 Å². The molecule has 0 amide bonds. The van der Waals surface area contributed by atoms with E-state index in [1.54, 1.807) is 12.1 Å². The van der Waals surface area contributed by atoms with Crippen LogP contribution in [0, 0.1) is 0 Å². The van der Waals surface area contributed by atoms with Crippen LogP contribution in [0.2, 0.25) is 0 Å². The molecule has 0 atom stereocenters. The summed E-state index contributed by atoms with van der Waals surface area (Å²) in [6.45, 7) is 0. The summed E-state index contributed by atoms with van der Waals surface area (Å²) in [5.41, 5.74) is 2.97. The van der Waals surface area contributed by atoms with E-state index < -0.39 is 0 Å². The Morgan fingerprint density at radius 3 is 1.44 bits per heavy atom. The number of rotatable bonds is 6. The summed E-state index contributed by atoms with van der Waals surface area (Å²) in [5, 5.41) is 0. The molecule has 168 valence electrons. The van der Waals surface area contributed by atoms with Crippen LogP contribution in [-0.2, 0) is 9.47 Å². The van der Waals surface area contributed by atoms with Crippen LogP contribution in [0.1, 0.15) is 96.1 Å². The molecule has 0 N–H and O–H groups in total. The zero-order chi connectivity index (χ0) is 22.2. The van der Waals surface area contributed by atoms with Gasteiger partial charge in [0, 0.05) is 0 Å². The molecular formula is C28H32O4. The lowest BCUT2D eigenvalue weighted by Crippen LogP contribution is -2.20. The van der Waals surface area contributed by atoms with Crippen LogP contribution in [0.4, 0.5) is 0 Å². The second kappa shape index (κ2) is 11.1. The third-order valence-corrected chi connectivity index (χ3v) is 6.36. The molecule has 0 bridgehead atoms. The van der Waals surface area contributed by atoms with Crippen molar-refractivity contribution in [3.8, 4) is 0 Å². The van der Waals surface area contributed by atoms with Crippen molar-refractivity contribution in [2.45, 2.75) is 76.4 Å². The average molecular weight is 433 g/mol. The first-order valence-electron chi connectivity index (χ1n) is 12.0. The Morgan fingerprint density at radius 2 is 1.03 bits per heavy atom. The molecule has 2 fully saturated rings. The molecule has 0 spiro atoms. The Kier molecular flexibility index (Phi) is 7.76. The van der Waals surface area contributed by atoms with Gasteiger partial charge < -0.3 is 9.47 Å². The fourth-order valence-corrected chi connectivity index (χ4v) is 4.54. The van der Waals surface area contributed by atoms with E-state index in [1.165, 1.54) is 12.8 Å². The van der Waals surface area contributed by atoms with Crippen molar-refractivity contribution in [3.05, 3.63) is 70.8 Å². The summed E-state index contributed by atoms with van der Waals surface area (Å²) >= 11 is 0. The lowest BCUT2D eigenvalue weighted by atomic mass is 9.98. The summed E-state index contributed by atoms with van der Waals surface area (Å²) in [6.07, 6.45) is 14.8. The molecule has 0 radical (unpaired) electrons. The highest BCUT2D eigenvalue weighted by atomic mass is 16.5. The van der Waals surface area contributed by atoms with Crippen LogP contribution in [0.5, 0.6) is 0 Å². The summed E-state index contributed by atoms with van der Waals surface area (Å²) in [7, 11) is 0. The Labute approximate surface area is 190 Å². The van der Waals surface area contributed by atoms with E-state index in [9.17, 15) is 9.59 Å². The third kappa shape index (κ3) is 6.32. The molecule has 0 heterocycles. The zero-order valence-electron chi connectivity index (χ0n) is 18.6. The molecule has 4 rings (SSSR count). The molecule has 32 heavy (non-hydrogen) atoms. The second-order valence-corrected chi connectivity index (χ2v) is 8.91. The molecule has 2 aromatic carbocycles. The fraction of sp³-hybridized carbons (Fsp3) is 0.429. The smallest absolute Gasteiger partial charge is 0.338 e. The maximum Gasteiger partial charge on any atom is 0.338 e. The van der Waals surface area contributed by atoms with Gasteiger partial charge in [-0.25, -0.2) is 9.59 Å². The van der Waals surface area contributed by atoms with Gasteiger partial charge in [-0.05, 0) is 86.8 Å². The normalized spacial score (nSPS) is 17.9. The number of hydrogen-bond donors (Lipinski definition) is 0. The number of carbonyl (C=O) groups is 2. The van der Waals surface area contributed by atoms with Crippen molar-refractivity contribution in [1.29, 1.82) is 0 Å². The Hall–Kier alpha value is -2.88. The van der Waals surface area contributed by atoms with Gasteiger partial charge in [0.2, 0.25) is 0 Å². The van der Waals surface area contributed by atoms with E-state index in [-0.39, 0.29) is 24.1 Å². The molecule has 4 heteroatoms. The van der Waals surface area contributed by atoms with Gasteiger partial charge in [0.1, 0.15) is 12.2 Å². The largest absolute Gasteiger partial charge is 0.459 e. The number of ether oxygens (including phenoxy) is 2. The monoisotopic (exact) mass is 432 g/mol. The number of hydrogen-bond acceptors (Lipinski definition) is 4. The van der Waals surface area contributed by atoms with Gasteiger partial charge in [0.05, 0.1) is 11.1 Å². The summed E-state index contributed by atoms with van der Waals surface area (Å²) in [4.78, 5) is 25.0. The first-order valence-corrected chi connectivity index (χ1v) is 12.0. The van der Waals surface area contributed by atoms with Crippen molar-refractivity contribution in [2.24, 2.45) is 0 Å². The van der Waals surface area contributed by atoms with E-state index in [0.717, 1.165) is 62.5 Å². The van der Waals surface area contributed by atoms with Crippen molar-refractivity contribution >= 4 is 24.1 Å². The van der Waals surface area contributed by atoms with Crippen LogP contribution in [0.3, 0.4) is 0 Å². The molecule has 2 aliphatic rings. The summed E-state index contributed by atoms with van der Waals surface area (Å²) in [6, 6.07) is 14.9. The fourth-order valence-electron chi connectivity index (χ4n) is 4.54. The van der Waals surface area contributed by atoms with Crippen LogP contribution in [0.15, 0.2) is 48.5 Å². The quantitative estimate of drug-likeness (QED) is 0.370. The highest BCUT2D eigenvalue weighted by molar-refractivity contribution is 5.91. The summed E-state index contributed by atoms with van der Waals surface area (Å²) < 4.78 is 11.4. The molecule has 0 saturated heterocycles. The predicted molar refractivity (Wildman–Crippen MR) is 126 cm³/mol. The zero-order valence-corrected chi connectivity index (χ0v) is 18.6. The maximum absolute atomic E-state index is 12.5. The van der Waals surface area contributed by atoms with E-state index >= 15 is 0 Å². The maximum atomic E-state index is 12.5. The number of carbonyl (C=O) groups excluding carboxylic acids is 2. The van der Waals surface area contributed by atoms with Crippen LogP contribution >= 0.6 is 0 Å². The van der Waals surface area contributed by atoms with Crippen molar-refractivity contribution in [2.75, 3.05) is 0 Å². The van der Waals surface area contributed by atoms with Gasteiger partial charge in [-0.2, -0.15) is 0 Å². The molecule has 0 aromatic heterocycles. The first kappa shape index (κ1) is 22.3. The second-order valence-electron chi connectivity index (χ2n) is 8.91. The van der Waals surface area contributed by atoms with Crippen LogP contribution in [0.25, 0.3) is 12.2 Å². The molecule has 2 saturated carbocycles. The van der Waals surface area contributed by atoms with Gasteiger partial charge in [0.15, 0.2) is 0 Å². The number of benzene rings is 2. The Balaban J connectivity index is 1.38. The average Bonchev–Trinajstić information content (AvgIpc) is 2.84. The summed E-state index contributed by atoms with van der Waals surface area (Å²) in [5.74, 6) is -0.501. The van der Waals surface area contributed by atoms with Crippen LogP contribution in [-0.4, -0.2) is 24.1 Å². The Bertz CT molecular complexity index is 872. The van der Waals surface area contributed by atoms with Crippen molar-refractivity contribution in [1.82, 2.24) is 0 Å². The minimum absolute atomic E-state index is 0.0477. The van der Waals surface area contributed by atoms with Crippen LogP contribution < -0.4 is 0 Å². The Morgan fingerprint density at radius 1 is 0.625 bits per heavy atom. The van der Waals surface area contributed by atoms with Gasteiger partial charge in [-0.1, -0.05) is 49.3 Å². The van der Waals surface area contributed by atoms with E-state index in [2.05, 4.69) is 0 Å². The molecule has 0 aliphatic heterocycles. The SMILES string of the molecule is O=C(OC1CCCCC1)c1cccc(/C=C/c2cccc(C(=O)OC3CCCCC3)c2)c1. The predicted octanol–water partition coefficient (Wildman–Crippen LogP) is 6.84. The van der Waals surface area contributed by atoms with Gasteiger partial charge in [0.25, 0.3) is 0 Å². The van der Waals surface area contributed by atoms with Gasteiger partial charge in [-0.15, -0.1) is 0 Å². The van der Waals surface area contributed by atoms with E-state index in [4.69, 9.17) is 9.47 Å². The molecule has 2 aliphatic carbocycles. The molecule has 0 unspecified atom stereocenters. The topological polar surface area (TPSA) is 52.6 Å². The minimum atomic E-state index is -0.250. The standard InChI is InChI=1S/C28H32O4/c29-27(31-25-13-3-1-4-14-25)23-11-7-9-21(19-23)17-18-22-10-8-12-24(20-22)28(30)32-26-15-5-2-6-16-26/h7-12,17-20,25-26H,1-6,13-16H2/b18-17+. The molecular weight excluding hydrogens is 400 g/mol. The van der Waals surface area contributed by atoms with E-state index in [1.807, 2.05) is 48.6 Å². The lowest BCUT2D eigenvalue weighted by molar-refractivity contribution is 0.0202. The molecule has 4 nitrogen and oxygen atoms in total. The lowest BCUT2D eigenvalue weighted by Gasteiger charge is -2.21. The van der Waals surface area contributed by atoms with E-state index in [0.29, 0.717) is 11.1 Å². The first-order chi connectivity index (χ1) is 15.7. The highest BCUT2D eigenvalue weighted by Gasteiger charge is 2.20. The van der Waals surface area contributed by atoms with Gasteiger partial charge >= 0.3 is 11.9 Å². The third-order valence-electron chi connectivity index (χ3n) is 6.36. The molecule has 2 aromatic rings. The minimum Gasteiger partial charge on any atom is -0.459 e. The van der Waals surface area contributed by atoms with Crippen molar-refractivity contribution in [3.63, 3.8) is 0 Å². The highest BCUT2D eigenvalue weighted by Crippen LogP contribution is 2.23.